The van der Waals surface area contributed by atoms with Gasteiger partial charge in [-0.25, -0.2) is 0 Å². The molecule has 1 nitrogen and oxygen atoms in total. The van der Waals surface area contributed by atoms with E-state index in [1.54, 1.807) is 0 Å². The first kappa shape index (κ1) is 11.7. The Hall–Kier alpha value is -0.790. The molecule has 0 radical (unpaired) electrons. The number of rotatable bonds is 5. The van der Waals surface area contributed by atoms with Gasteiger partial charge in [0.15, 0.2) is 0 Å². The number of allylic oxidation sites excluding steroid dienone is 1. The van der Waals surface area contributed by atoms with Gasteiger partial charge in [-0.1, -0.05) is 35.9 Å². The topological polar surface area (TPSA) is 12.0 Å². The molecule has 1 aromatic rings. The van der Waals surface area contributed by atoms with Crippen LogP contribution in [-0.4, -0.2) is 12.6 Å². The number of benzene rings is 1. The molecule has 2 rings (SSSR count). The van der Waals surface area contributed by atoms with Gasteiger partial charge >= 0.3 is 0 Å². The van der Waals surface area contributed by atoms with Gasteiger partial charge in [0.05, 0.1) is 0 Å². The fourth-order valence-corrected chi connectivity index (χ4v) is 2.04. The van der Waals surface area contributed by atoms with Crippen LogP contribution in [0, 0.1) is 0 Å². The highest BCUT2D eigenvalue weighted by molar-refractivity contribution is 6.32. The first-order valence-corrected chi connectivity index (χ1v) is 6.30. The van der Waals surface area contributed by atoms with Crippen molar-refractivity contribution >= 4 is 17.2 Å². The van der Waals surface area contributed by atoms with Crippen LogP contribution in [-0.2, 0) is 0 Å². The Morgan fingerprint density at radius 3 is 2.88 bits per heavy atom. The Kier molecular flexibility index (Phi) is 4.03. The van der Waals surface area contributed by atoms with Gasteiger partial charge in [-0.05, 0) is 49.9 Å². The molecule has 0 atom stereocenters. The molecule has 1 aliphatic carbocycles. The molecule has 0 amide bonds. The first-order valence-electron chi connectivity index (χ1n) is 5.92. The Morgan fingerprint density at radius 2 is 2.19 bits per heavy atom. The average Bonchev–Trinajstić information content (AvgIpc) is 3.08. The second-order valence-corrected chi connectivity index (χ2v) is 4.79. The summed E-state index contributed by atoms with van der Waals surface area (Å²) in [5.41, 5.74) is 2.42. The van der Waals surface area contributed by atoms with Crippen LogP contribution in [0.15, 0.2) is 30.3 Å². The van der Waals surface area contributed by atoms with Crippen LogP contribution in [0.5, 0.6) is 0 Å². The van der Waals surface area contributed by atoms with E-state index >= 15 is 0 Å². The van der Waals surface area contributed by atoms with Crippen molar-refractivity contribution in [3.05, 3.63) is 40.9 Å². The van der Waals surface area contributed by atoms with Crippen LogP contribution >= 0.6 is 11.6 Å². The maximum Gasteiger partial charge on any atom is 0.0480 e. The predicted octanol–water partition coefficient (Wildman–Crippen LogP) is 3.89. The van der Waals surface area contributed by atoms with E-state index in [0.29, 0.717) is 0 Å². The van der Waals surface area contributed by atoms with Crippen molar-refractivity contribution in [2.75, 3.05) is 6.54 Å². The molecule has 16 heavy (non-hydrogen) atoms. The molecule has 1 fully saturated rings. The average molecular weight is 236 g/mol. The lowest BCUT2D eigenvalue weighted by Crippen LogP contribution is -2.16. The summed E-state index contributed by atoms with van der Waals surface area (Å²) in [6.07, 6.45) is 6.05. The highest BCUT2D eigenvalue weighted by Crippen LogP contribution is 2.23. The third-order valence-electron chi connectivity index (χ3n) is 2.90. The fraction of sp³-hybridized carbons (Fsp3) is 0.429. The lowest BCUT2D eigenvalue weighted by Gasteiger charge is -2.04. The quantitative estimate of drug-likeness (QED) is 0.764. The van der Waals surface area contributed by atoms with Crippen molar-refractivity contribution in [2.45, 2.75) is 32.2 Å². The SMILES string of the molecule is CC(=CCCNC1CC1)c1ccccc1Cl. The van der Waals surface area contributed by atoms with Crippen LogP contribution in [0.25, 0.3) is 5.57 Å². The van der Waals surface area contributed by atoms with Crippen molar-refractivity contribution in [1.29, 1.82) is 0 Å². The van der Waals surface area contributed by atoms with Crippen molar-refractivity contribution < 1.29 is 0 Å². The summed E-state index contributed by atoms with van der Waals surface area (Å²) in [6.45, 7) is 3.20. The third kappa shape index (κ3) is 3.36. The number of hydrogen-bond donors (Lipinski definition) is 1. The van der Waals surface area contributed by atoms with Crippen LogP contribution < -0.4 is 5.32 Å². The van der Waals surface area contributed by atoms with E-state index in [1.807, 2.05) is 18.2 Å². The van der Waals surface area contributed by atoms with Crippen molar-refractivity contribution in [3.63, 3.8) is 0 Å². The summed E-state index contributed by atoms with van der Waals surface area (Å²) in [7, 11) is 0. The van der Waals surface area contributed by atoms with E-state index in [-0.39, 0.29) is 0 Å². The third-order valence-corrected chi connectivity index (χ3v) is 3.23. The Bertz CT molecular complexity index is 380. The Morgan fingerprint density at radius 1 is 1.44 bits per heavy atom. The van der Waals surface area contributed by atoms with Gasteiger partial charge in [-0.2, -0.15) is 0 Å². The maximum absolute atomic E-state index is 6.14. The maximum atomic E-state index is 6.14. The molecule has 0 bridgehead atoms. The second kappa shape index (κ2) is 5.51. The number of hydrogen-bond acceptors (Lipinski definition) is 1. The van der Waals surface area contributed by atoms with Gasteiger partial charge < -0.3 is 5.32 Å². The number of nitrogens with one attached hydrogen (secondary N) is 1. The zero-order chi connectivity index (χ0) is 11.4. The van der Waals surface area contributed by atoms with E-state index in [0.717, 1.165) is 29.6 Å². The molecule has 0 saturated heterocycles. The standard InChI is InChI=1S/C14H18ClN/c1-11(5-4-10-16-12-8-9-12)13-6-2-3-7-14(13)15/h2-3,5-7,12,16H,4,8-10H2,1H3. The molecule has 86 valence electrons. The zero-order valence-electron chi connectivity index (χ0n) is 9.67. The van der Waals surface area contributed by atoms with Crippen LogP contribution in [0.1, 0.15) is 31.7 Å². The Labute approximate surface area is 103 Å². The monoisotopic (exact) mass is 235 g/mol. The van der Waals surface area contributed by atoms with Crippen LogP contribution in [0.3, 0.4) is 0 Å². The van der Waals surface area contributed by atoms with Gasteiger partial charge in [-0.15, -0.1) is 0 Å². The van der Waals surface area contributed by atoms with Crippen LogP contribution in [0.2, 0.25) is 5.02 Å². The second-order valence-electron chi connectivity index (χ2n) is 4.38. The summed E-state index contributed by atoms with van der Waals surface area (Å²) in [5, 5.41) is 4.34. The molecule has 1 N–H and O–H groups in total. The summed E-state index contributed by atoms with van der Waals surface area (Å²) < 4.78 is 0. The van der Waals surface area contributed by atoms with Gasteiger partial charge in [0.25, 0.3) is 0 Å². The lowest BCUT2D eigenvalue weighted by atomic mass is 10.1. The molecule has 1 saturated carbocycles. The largest absolute Gasteiger partial charge is 0.314 e. The molecule has 0 unspecified atom stereocenters. The summed E-state index contributed by atoms with van der Waals surface area (Å²) in [6, 6.07) is 8.81. The highest BCUT2D eigenvalue weighted by atomic mass is 35.5. The Balaban J connectivity index is 1.87. The van der Waals surface area contributed by atoms with E-state index in [4.69, 9.17) is 11.6 Å². The summed E-state index contributed by atoms with van der Waals surface area (Å²) >= 11 is 6.14. The molecule has 0 heterocycles. The summed E-state index contributed by atoms with van der Waals surface area (Å²) in [5.74, 6) is 0. The van der Waals surface area contributed by atoms with Gasteiger partial charge in [0.1, 0.15) is 0 Å². The van der Waals surface area contributed by atoms with Crippen molar-refractivity contribution in [2.24, 2.45) is 0 Å². The molecule has 2 heteroatoms. The smallest absolute Gasteiger partial charge is 0.0480 e. The highest BCUT2D eigenvalue weighted by Gasteiger charge is 2.19. The van der Waals surface area contributed by atoms with Gasteiger partial charge in [-0.3, -0.25) is 0 Å². The van der Waals surface area contributed by atoms with Crippen molar-refractivity contribution in [3.8, 4) is 0 Å². The van der Waals surface area contributed by atoms with Crippen LogP contribution in [0.4, 0.5) is 0 Å². The minimum Gasteiger partial charge on any atom is -0.314 e. The molecular formula is C14H18ClN. The van der Waals surface area contributed by atoms with E-state index < -0.39 is 0 Å². The molecule has 0 spiro atoms. The summed E-state index contributed by atoms with van der Waals surface area (Å²) in [4.78, 5) is 0. The van der Waals surface area contributed by atoms with E-state index in [2.05, 4.69) is 24.4 Å². The molecule has 0 aromatic heterocycles. The zero-order valence-corrected chi connectivity index (χ0v) is 10.4. The first-order chi connectivity index (χ1) is 7.77. The molecule has 0 aliphatic heterocycles. The van der Waals surface area contributed by atoms with Crippen molar-refractivity contribution in [1.82, 2.24) is 5.32 Å². The minimum absolute atomic E-state index is 0.800. The minimum atomic E-state index is 0.800. The fourth-order valence-electron chi connectivity index (χ4n) is 1.75. The molecule has 1 aliphatic rings. The number of halogens is 1. The van der Waals surface area contributed by atoms with E-state index in [1.165, 1.54) is 18.4 Å². The van der Waals surface area contributed by atoms with E-state index in [9.17, 15) is 0 Å². The lowest BCUT2D eigenvalue weighted by molar-refractivity contribution is 0.690. The molecule has 1 aromatic carbocycles. The van der Waals surface area contributed by atoms with Gasteiger partial charge in [0.2, 0.25) is 0 Å². The predicted molar refractivity (Wildman–Crippen MR) is 70.7 cm³/mol. The molecular weight excluding hydrogens is 218 g/mol. The normalized spacial score (nSPS) is 16.5. The van der Waals surface area contributed by atoms with Gasteiger partial charge in [0, 0.05) is 11.1 Å².